The molecule has 0 aromatic carbocycles. The molecule has 1 unspecified atom stereocenters. The molecule has 3 N–H and O–H groups in total. The fourth-order valence-corrected chi connectivity index (χ4v) is 7.10. The van der Waals surface area contributed by atoms with Gasteiger partial charge in [0.05, 0.1) is 36.5 Å². The highest BCUT2D eigenvalue weighted by Crippen LogP contribution is 2.40. The molecule has 2 saturated heterocycles. The van der Waals surface area contributed by atoms with Gasteiger partial charge in [0.25, 0.3) is 0 Å². The summed E-state index contributed by atoms with van der Waals surface area (Å²) in [4.78, 5) is 28.4. The van der Waals surface area contributed by atoms with E-state index in [0.29, 0.717) is 5.92 Å². The summed E-state index contributed by atoms with van der Waals surface area (Å²) in [7, 11) is -3.32. The summed E-state index contributed by atoms with van der Waals surface area (Å²) in [6, 6.07) is -1.64. The van der Waals surface area contributed by atoms with Crippen molar-refractivity contribution in [3.8, 4) is 0 Å². The van der Waals surface area contributed by atoms with E-state index in [1.807, 2.05) is 20.8 Å². The number of carbonyl (C=O) groups excluding carboxylic acids is 2. The summed E-state index contributed by atoms with van der Waals surface area (Å²) >= 11 is 0. The fraction of sp³-hybridized carbons (Fsp3) is 0.826. The van der Waals surface area contributed by atoms with E-state index in [1.165, 1.54) is 4.90 Å². The molecular weight excluding hydrogens is 490 g/mol. The van der Waals surface area contributed by atoms with E-state index in [0.717, 1.165) is 18.5 Å². The zero-order chi connectivity index (χ0) is 26.3. The second kappa shape index (κ2) is 9.99. The second-order valence-electron chi connectivity index (χ2n) is 11.4. The summed E-state index contributed by atoms with van der Waals surface area (Å²) in [5.41, 5.74) is -0.815. The summed E-state index contributed by atoms with van der Waals surface area (Å²) in [5, 5.41) is 30.8. The molecule has 0 spiro atoms. The highest BCUT2D eigenvalue weighted by atomic mass is 32.2. The molecule has 12 nitrogen and oxygen atoms in total. The molecule has 36 heavy (non-hydrogen) atoms. The van der Waals surface area contributed by atoms with Gasteiger partial charge in [-0.1, -0.05) is 26.0 Å². The first kappa shape index (κ1) is 27.0. The molecule has 202 valence electrons. The Hall–Kier alpha value is -2.09. The molecule has 1 aliphatic carbocycles. The van der Waals surface area contributed by atoms with Crippen molar-refractivity contribution < 1.29 is 33.0 Å². The van der Waals surface area contributed by atoms with Gasteiger partial charge in [0.15, 0.2) is 9.84 Å². The summed E-state index contributed by atoms with van der Waals surface area (Å²) in [6.45, 7) is 5.36. The lowest BCUT2D eigenvalue weighted by atomic mass is 9.85. The van der Waals surface area contributed by atoms with E-state index in [1.54, 1.807) is 10.9 Å². The largest absolute Gasteiger partial charge is 0.394 e. The van der Waals surface area contributed by atoms with Crippen LogP contribution in [-0.4, -0.2) is 106 Å². The van der Waals surface area contributed by atoms with Crippen molar-refractivity contribution in [3.05, 3.63) is 11.9 Å². The minimum absolute atomic E-state index is 0.00815. The van der Waals surface area contributed by atoms with Gasteiger partial charge in [0.1, 0.15) is 17.7 Å². The molecule has 13 heteroatoms. The Morgan fingerprint density at radius 1 is 1.33 bits per heavy atom. The number of aliphatic hydroxyl groups excluding tert-OH is 2. The van der Waals surface area contributed by atoms with Crippen molar-refractivity contribution in [2.45, 2.75) is 76.2 Å². The lowest BCUT2D eigenvalue weighted by Crippen LogP contribution is -2.53. The van der Waals surface area contributed by atoms with Crippen LogP contribution in [0.15, 0.2) is 6.20 Å². The Labute approximate surface area is 211 Å². The Morgan fingerprint density at radius 3 is 2.64 bits per heavy atom. The SMILES string of the molecule is CC(C)(C)[C@@H](C(=O)N1C[C@H](O)C[C@H]1C(=O)NCC1(OCCO)CCS(=O)(=O)C1)n1cc(C2CC2)nn1. The van der Waals surface area contributed by atoms with Gasteiger partial charge >= 0.3 is 0 Å². The number of sulfone groups is 1. The third-order valence-corrected chi connectivity index (χ3v) is 8.94. The van der Waals surface area contributed by atoms with Crippen molar-refractivity contribution in [3.63, 3.8) is 0 Å². The van der Waals surface area contributed by atoms with Crippen LogP contribution < -0.4 is 5.32 Å². The number of ether oxygens (including phenoxy) is 1. The van der Waals surface area contributed by atoms with Gasteiger partial charge in [-0.3, -0.25) is 9.59 Å². The van der Waals surface area contributed by atoms with E-state index in [4.69, 9.17) is 9.84 Å². The fourth-order valence-electron chi connectivity index (χ4n) is 5.15. The molecule has 4 atom stereocenters. The number of carbonyl (C=O) groups is 2. The lowest BCUT2D eigenvalue weighted by molar-refractivity contribution is -0.144. The standard InChI is InChI=1S/C23H37N5O7S/c1-22(2,3)19(28-12-17(25-26-28)15-4-5-15)21(32)27-11-16(30)10-18(27)20(31)24-13-23(35-8-7-29)6-9-36(33,34)14-23/h12,15-16,18-19,29-30H,4-11,13-14H2,1-3H3,(H,24,31)/t16-,18+,19-,23?/m1/s1. The first-order chi connectivity index (χ1) is 16.8. The average molecular weight is 528 g/mol. The second-order valence-corrected chi connectivity index (χ2v) is 13.6. The number of likely N-dealkylation sites (tertiary alicyclic amines) is 1. The Balaban J connectivity index is 1.50. The van der Waals surface area contributed by atoms with Crippen LogP contribution >= 0.6 is 0 Å². The lowest BCUT2D eigenvalue weighted by Gasteiger charge is -2.35. The zero-order valence-electron chi connectivity index (χ0n) is 21.1. The molecule has 1 aromatic heterocycles. The number of nitrogens with zero attached hydrogens (tertiary/aromatic N) is 4. The van der Waals surface area contributed by atoms with E-state index in [9.17, 15) is 23.1 Å². The van der Waals surface area contributed by atoms with Gasteiger partial charge in [-0.25, -0.2) is 13.1 Å². The van der Waals surface area contributed by atoms with Crippen LogP contribution in [0.2, 0.25) is 0 Å². The van der Waals surface area contributed by atoms with Crippen LogP contribution in [0.4, 0.5) is 0 Å². The minimum Gasteiger partial charge on any atom is -0.394 e. The van der Waals surface area contributed by atoms with Crippen molar-refractivity contribution in [2.75, 3.05) is 37.8 Å². The summed E-state index contributed by atoms with van der Waals surface area (Å²) in [5.74, 6) is -0.754. The Bertz CT molecular complexity index is 1080. The molecular formula is C23H37N5O7S. The first-order valence-corrected chi connectivity index (χ1v) is 14.3. The van der Waals surface area contributed by atoms with Crippen LogP contribution in [0.5, 0.6) is 0 Å². The number of aliphatic hydroxyl groups is 2. The number of nitrogens with one attached hydrogen (secondary N) is 1. The molecule has 0 bridgehead atoms. The average Bonchev–Trinajstić information content (AvgIpc) is 3.26. The normalized spacial score (nSPS) is 28.9. The van der Waals surface area contributed by atoms with Gasteiger partial charge in [0, 0.05) is 31.6 Å². The number of rotatable bonds is 9. The predicted molar refractivity (Wildman–Crippen MR) is 129 cm³/mol. The highest BCUT2D eigenvalue weighted by molar-refractivity contribution is 7.91. The van der Waals surface area contributed by atoms with E-state index in [-0.39, 0.29) is 56.6 Å². The number of amides is 2. The third-order valence-electron chi connectivity index (χ3n) is 7.14. The zero-order valence-corrected chi connectivity index (χ0v) is 21.9. The minimum atomic E-state index is -3.32. The maximum atomic E-state index is 13.8. The van der Waals surface area contributed by atoms with Gasteiger partial charge in [-0.15, -0.1) is 5.10 Å². The van der Waals surface area contributed by atoms with Crippen molar-refractivity contribution in [1.29, 1.82) is 0 Å². The quantitative estimate of drug-likeness (QED) is 0.380. The highest BCUT2D eigenvalue weighted by Gasteiger charge is 2.47. The maximum Gasteiger partial charge on any atom is 0.248 e. The van der Waals surface area contributed by atoms with Crippen molar-refractivity contribution in [1.82, 2.24) is 25.2 Å². The molecule has 3 aliphatic rings. The molecule has 1 aromatic rings. The Morgan fingerprint density at radius 2 is 2.06 bits per heavy atom. The number of hydrogen-bond acceptors (Lipinski definition) is 9. The monoisotopic (exact) mass is 527 g/mol. The Kier molecular flexibility index (Phi) is 7.48. The molecule has 2 amide bonds. The van der Waals surface area contributed by atoms with Crippen LogP contribution in [0.25, 0.3) is 0 Å². The van der Waals surface area contributed by atoms with Crippen LogP contribution in [0.3, 0.4) is 0 Å². The van der Waals surface area contributed by atoms with Crippen LogP contribution in [-0.2, 0) is 24.2 Å². The number of hydrogen-bond donors (Lipinski definition) is 3. The van der Waals surface area contributed by atoms with Crippen LogP contribution in [0, 0.1) is 5.41 Å². The van der Waals surface area contributed by atoms with Crippen molar-refractivity contribution in [2.24, 2.45) is 5.41 Å². The van der Waals surface area contributed by atoms with E-state index < -0.39 is 44.9 Å². The number of aromatic nitrogens is 3. The maximum absolute atomic E-state index is 13.8. The van der Waals surface area contributed by atoms with Gasteiger partial charge in [0.2, 0.25) is 11.8 Å². The van der Waals surface area contributed by atoms with Crippen LogP contribution in [0.1, 0.15) is 64.1 Å². The molecule has 2 aliphatic heterocycles. The van der Waals surface area contributed by atoms with E-state index >= 15 is 0 Å². The topological polar surface area (TPSA) is 164 Å². The summed E-state index contributed by atoms with van der Waals surface area (Å²) in [6.07, 6.45) is 3.32. The first-order valence-electron chi connectivity index (χ1n) is 12.5. The molecule has 1 saturated carbocycles. The smallest absolute Gasteiger partial charge is 0.248 e. The molecule has 3 heterocycles. The predicted octanol–water partition coefficient (Wildman–Crippen LogP) is -0.613. The van der Waals surface area contributed by atoms with Crippen molar-refractivity contribution >= 4 is 21.7 Å². The molecule has 4 rings (SSSR count). The van der Waals surface area contributed by atoms with Gasteiger partial charge < -0.3 is 25.2 Å². The summed E-state index contributed by atoms with van der Waals surface area (Å²) < 4.78 is 31.4. The number of β-amino-alcohol motifs (C(OH)–C–C–N with tert-alkyl or cyclic N) is 1. The molecule has 0 radical (unpaired) electrons. The third kappa shape index (κ3) is 5.90. The van der Waals surface area contributed by atoms with Gasteiger partial charge in [-0.05, 0) is 24.7 Å². The van der Waals surface area contributed by atoms with Gasteiger partial charge in [-0.2, -0.15) is 0 Å². The molecule has 3 fully saturated rings. The van der Waals surface area contributed by atoms with E-state index in [2.05, 4.69) is 15.6 Å².